The molecule has 3 heterocycles. The molecule has 0 saturated carbocycles. The molecule has 1 amide bonds. The lowest BCUT2D eigenvalue weighted by Crippen LogP contribution is -2.30. The summed E-state index contributed by atoms with van der Waals surface area (Å²) < 4.78 is 1.62. The minimum Gasteiger partial charge on any atom is -0.465 e. The molecular formula is C14H16N4O3S. The first-order valence-electron chi connectivity index (χ1n) is 6.92. The first-order chi connectivity index (χ1) is 10.5. The predicted molar refractivity (Wildman–Crippen MR) is 83.6 cm³/mol. The van der Waals surface area contributed by atoms with Crippen LogP contribution in [0.5, 0.6) is 0 Å². The largest absolute Gasteiger partial charge is 0.465 e. The van der Waals surface area contributed by atoms with Gasteiger partial charge >= 0.3 is 6.09 Å². The molecule has 0 radical (unpaired) electrons. The van der Waals surface area contributed by atoms with Crippen molar-refractivity contribution in [1.82, 2.24) is 19.4 Å². The number of hydrogen-bond donors (Lipinski definition) is 1. The van der Waals surface area contributed by atoms with Crippen molar-refractivity contribution in [3.63, 3.8) is 0 Å². The zero-order valence-corrected chi connectivity index (χ0v) is 13.1. The van der Waals surface area contributed by atoms with E-state index in [1.54, 1.807) is 16.8 Å². The molecular weight excluding hydrogens is 304 g/mol. The van der Waals surface area contributed by atoms with Crippen LogP contribution in [0, 0.1) is 6.92 Å². The number of aromatic nitrogens is 3. The Kier molecular flexibility index (Phi) is 3.78. The van der Waals surface area contributed by atoms with E-state index in [0.717, 1.165) is 10.9 Å². The summed E-state index contributed by atoms with van der Waals surface area (Å²) in [5.41, 5.74) is 1.27. The summed E-state index contributed by atoms with van der Waals surface area (Å²) in [6.07, 6.45) is 3.26. The van der Waals surface area contributed by atoms with Crippen LogP contribution in [-0.2, 0) is 0 Å². The summed E-state index contributed by atoms with van der Waals surface area (Å²) in [6, 6.07) is 1.38. The van der Waals surface area contributed by atoms with E-state index in [-0.39, 0.29) is 11.6 Å². The third-order valence-corrected chi connectivity index (χ3v) is 4.52. The van der Waals surface area contributed by atoms with Crippen LogP contribution in [0.25, 0.3) is 11.0 Å². The highest BCUT2D eigenvalue weighted by molar-refractivity contribution is 7.98. The van der Waals surface area contributed by atoms with Crippen molar-refractivity contribution in [2.75, 3.05) is 19.3 Å². The fraction of sp³-hybridized carbons (Fsp3) is 0.429. The summed E-state index contributed by atoms with van der Waals surface area (Å²) in [7, 11) is 0. The fourth-order valence-corrected chi connectivity index (χ4v) is 3.17. The van der Waals surface area contributed by atoms with Gasteiger partial charge in [-0.05, 0) is 25.2 Å². The summed E-state index contributed by atoms with van der Waals surface area (Å²) >= 11 is 1.41. The van der Waals surface area contributed by atoms with E-state index < -0.39 is 6.09 Å². The molecule has 1 aliphatic heterocycles. The van der Waals surface area contributed by atoms with Gasteiger partial charge in [-0.1, -0.05) is 11.8 Å². The Bertz CT molecular complexity index is 805. The van der Waals surface area contributed by atoms with E-state index in [1.807, 2.05) is 13.2 Å². The molecule has 1 fully saturated rings. The van der Waals surface area contributed by atoms with Gasteiger partial charge in [-0.2, -0.15) is 0 Å². The summed E-state index contributed by atoms with van der Waals surface area (Å²) in [5, 5.41) is 10.5. The maximum Gasteiger partial charge on any atom is 0.407 e. The number of thioether (sulfide) groups is 1. The number of carbonyl (C=O) groups is 1. The molecule has 8 heteroatoms. The molecule has 1 saturated heterocycles. The van der Waals surface area contributed by atoms with Crippen molar-refractivity contribution in [2.24, 2.45) is 0 Å². The van der Waals surface area contributed by atoms with Crippen molar-refractivity contribution in [3.05, 3.63) is 28.2 Å². The lowest BCUT2D eigenvalue weighted by atomic mass is 10.1. The Hall–Kier alpha value is -2.09. The monoisotopic (exact) mass is 320 g/mol. The second-order valence-corrected chi connectivity index (χ2v) is 6.07. The Morgan fingerprint density at radius 2 is 2.27 bits per heavy atom. The van der Waals surface area contributed by atoms with Gasteiger partial charge in [0.25, 0.3) is 5.56 Å². The number of carboxylic acid groups (broad SMARTS) is 1. The van der Waals surface area contributed by atoms with E-state index in [9.17, 15) is 9.59 Å². The minimum atomic E-state index is -0.952. The molecule has 0 bridgehead atoms. The molecule has 2 aromatic rings. The van der Waals surface area contributed by atoms with Gasteiger partial charge < -0.3 is 10.0 Å². The van der Waals surface area contributed by atoms with Crippen molar-refractivity contribution < 1.29 is 9.90 Å². The molecule has 7 nitrogen and oxygen atoms in total. The highest BCUT2D eigenvalue weighted by Crippen LogP contribution is 2.25. The Balaban J connectivity index is 2.16. The van der Waals surface area contributed by atoms with Crippen LogP contribution in [0.15, 0.2) is 22.2 Å². The van der Waals surface area contributed by atoms with E-state index in [0.29, 0.717) is 30.3 Å². The van der Waals surface area contributed by atoms with Crippen LogP contribution >= 0.6 is 11.8 Å². The van der Waals surface area contributed by atoms with Gasteiger partial charge in [-0.25, -0.2) is 14.8 Å². The molecule has 0 aliphatic carbocycles. The van der Waals surface area contributed by atoms with Crippen LogP contribution in [0.3, 0.4) is 0 Å². The number of fused-ring (bicyclic) bond motifs is 1. The molecule has 0 unspecified atom stereocenters. The van der Waals surface area contributed by atoms with Crippen LogP contribution in [0.2, 0.25) is 0 Å². The lowest BCUT2D eigenvalue weighted by Gasteiger charge is -2.17. The number of likely N-dealkylation sites (tertiary alicyclic amines) is 1. The number of aryl methyl sites for hydroxylation is 1. The second kappa shape index (κ2) is 5.60. The maximum absolute atomic E-state index is 12.4. The summed E-state index contributed by atoms with van der Waals surface area (Å²) in [6.45, 7) is 2.60. The molecule has 116 valence electrons. The standard InChI is InChI=1S/C14H16N4O3S/c1-8-5-11(19)18(9-3-4-17(7-9)14(20)21)12-10(8)6-15-13(16-12)22-2/h5-6,9H,3-4,7H2,1-2H3,(H,20,21)/t9-/m0/s1. The molecule has 3 rings (SSSR count). The minimum absolute atomic E-state index is 0.145. The average molecular weight is 320 g/mol. The number of pyridine rings is 1. The smallest absolute Gasteiger partial charge is 0.407 e. The van der Waals surface area contributed by atoms with Crippen molar-refractivity contribution in [3.8, 4) is 0 Å². The van der Waals surface area contributed by atoms with Gasteiger partial charge in [0.05, 0.1) is 6.04 Å². The molecule has 2 aromatic heterocycles. The van der Waals surface area contributed by atoms with Crippen molar-refractivity contribution in [1.29, 1.82) is 0 Å². The zero-order chi connectivity index (χ0) is 15.9. The third-order valence-electron chi connectivity index (χ3n) is 3.96. The second-order valence-electron chi connectivity index (χ2n) is 5.30. The van der Waals surface area contributed by atoms with Crippen molar-refractivity contribution in [2.45, 2.75) is 24.5 Å². The number of rotatable bonds is 2. The number of hydrogen-bond acceptors (Lipinski definition) is 5. The van der Waals surface area contributed by atoms with E-state index in [4.69, 9.17) is 5.11 Å². The Morgan fingerprint density at radius 1 is 1.50 bits per heavy atom. The molecule has 1 atom stereocenters. The molecule has 0 spiro atoms. The van der Waals surface area contributed by atoms with Gasteiger partial charge in [0, 0.05) is 30.7 Å². The van der Waals surface area contributed by atoms with Crippen LogP contribution in [0.1, 0.15) is 18.0 Å². The van der Waals surface area contributed by atoms with Gasteiger partial charge in [0.15, 0.2) is 5.16 Å². The Labute approximate surface area is 131 Å². The molecule has 1 aliphatic rings. The molecule has 0 aromatic carbocycles. The van der Waals surface area contributed by atoms with Crippen LogP contribution in [-0.4, -0.2) is 50.0 Å². The van der Waals surface area contributed by atoms with Gasteiger partial charge in [-0.3, -0.25) is 9.36 Å². The third kappa shape index (κ3) is 2.43. The summed E-state index contributed by atoms with van der Waals surface area (Å²) in [5.74, 6) is 0. The highest BCUT2D eigenvalue weighted by Gasteiger charge is 2.29. The number of nitrogens with zero attached hydrogens (tertiary/aromatic N) is 4. The molecule has 22 heavy (non-hydrogen) atoms. The van der Waals surface area contributed by atoms with Gasteiger partial charge in [-0.15, -0.1) is 0 Å². The maximum atomic E-state index is 12.4. The predicted octanol–water partition coefficient (Wildman–Crippen LogP) is 1.75. The average Bonchev–Trinajstić information content (AvgIpc) is 2.96. The quantitative estimate of drug-likeness (QED) is 0.670. The normalized spacial score (nSPS) is 18.1. The van der Waals surface area contributed by atoms with Gasteiger partial charge in [0.1, 0.15) is 5.65 Å². The zero-order valence-electron chi connectivity index (χ0n) is 12.3. The fourth-order valence-electron chi connectivity index (χ4n) is 2.83. The van der Waals surface area contributed by atoms with Crippen LogP contribution < -0.4 is 5.56 Å². The van der Waals surface area contributed by atoms with Gasteiger partial charge in [0.2, 0.25) is 0 Å². The first kappa shape index (κ1) is 14.8. The summed E-state index contributed by atoms with van der Waals surface area (Å²) in [4.78, 5) is 33.6. The molecule has 1 N–H and O–H groups in total. The van der Waals surface area contributed by atoms with E-state index >= 15 is 0 Å². The SMILES string of the molecule is CSc1ncc2c(C)cc(=O)n([C@H]3CCN(C(=O)O)C3)c2n1. The first-order valence-corrected chi connectivity index (χ1v) is 8.14. The van der Waals surface area contributed by atoms with E-state index in [2.05, 4.69) is 9.97 Å². The highest BCUT2D eigenvalue weighted by atomic mass is 32.2. The van der Waals surface area contributed by atoms with Crippen LogP contribution in [0.4, 0.5) is 4.79 Å². The van der Waals surface area contributed by atoms with Crippen molar-refractivity contribution >= 4 is 28.9 Å². The lowest BCUT2D eigenvalue weighted by molar-refractivity contribution is 0.154. The van der Waals surface area contributed by atoms with E-state index in [1.165, 1.54) is 16.7 Å². The topological polar surface area (TPSA) is 88.3 Å². The number of amides is 1. The Morgan fingerprint density at radius 3 is 2.91 bits per heavy atom.